The molecule has 23 heavy (non-hydrogen) atoms. The van der Waals surface area contributed by atoms with Crippen LogP contribution in [0.4, 0.5) is 4.79 Å². The highest BCUT2D eigenvalue weighted by Crippen LogP contribution is 2.29. The summed E-state index contributed by atoms with van der Waals surface area (Å²) in [6.45, 7) is 6.54. The van der Waals surface area contributed by atoms with E-state index in [1.807, 2.05) is 30.3 Å². The van der Waals surface area contributed by atoms with E-state index in [-0.39, 0.29) is 12.4 Å². The van der Waals surface area contributed by atoms with Gasteiger partial charge >= 0.3 is 6.09 Å². The summed E-state index contributed by atoms with van der Waals surface area (Å²) in [7, 11) is 0. The van der Waals surface area contributed by atoms with Crippen molar-refractivity contribution in [1.82, 2.24) is 5.32 Å². The summed E-state index contributed by atoms with van der Waals surface area (Å²) in [4.78, 5) is 24.5. The molecule has 2 atom stereocenters. The molecular weight excluding hydrogens is 294 g/mol. The largest absolute Gasteiger partial charge is 0.445 e. The summed E-state index contributed by atoms with van der Waals surface area (Å²) in [5, 5.41) is 2.70. The van der Waals surface area contributed by atoms with Gasteiger partial charge in [0.15, 0.2) is 5.78 Å². The van der Waals surface area contributed by atoms with E-state index in [0.717, 1.165) is 12.0 Å². The normalized spacial score (nSPS) is 20.9. The molecule has 1 N–H and O–H groups in total. The summed E-state index contributed by atoms with van der Waals surface area (Å²) in [6, 6.07) is 8.88. The van der Waals surface area contributed by atoms with Crippen molar-refractivity contribution in [2.24, 2.45) is 5.92 Å². The Balaban J connectivity index is 1.88. The van der Waals surface area contributed by atoms with Crippen LogP contribution in [0.5, 0.6) is 0 Å². The van der Waals surface area contributed by atoms with Gasteiger partial charge in [0, 0.05) is 0 Å². The first-order valence-corrected chi connectivity index (χ1v) is 8.06. The topological polar surface area (TPSA) is 67.9 Å². The standard InChI is InChI=1S/C18H25NO4/c1-13(2)9-10-15(16(20)18(3)12-23-18)19-17(21)22-11-14-7-5-4-6-8-14/h4-8,13,15H,9-12H2,1-3H3,(H,19,21)/t15-,18-/m0/s1. The van der Waals surface area contributed by atoms with Gasteiger partial charge < -0.3 is 14.8 Å². The lowest BCUT2D eigenvalue weighted by Crippen LogP contribution is -2.46. The summed E-state index contributed by atoms with van der Waals surface area (Å²) in [5.74, 6) is 0.384. The first kappa shape index (κ1) is 17.5. The number of hydrogen-bond acceptors (Lipinski definition) is 4. The molecule has 0 radical (unpaired) electrons. The third-order valence-electron chi connectivity index (χ3n) is 3.95. The number of nitrogens with one attached hydrogen (secondary N) is 1. The van der Waals surface area contributed by atoms with Crippen molar-refractivity contribution in [2.75, 3.05) is 6.61 Å². The number of carbonyl (C=O) groups is 2. The van der Waals surface area contributed by atoms with Crippen LogP contribution in [0.1, 0.15) is 39.2 Å². The Hall–Kier alpha value is -1.88. The number of rotatable bonds is 8. The van der Waals surface area contributed by atoms with Gasteiger partial charge in [-0.3, -0.25) is 4.79 Å². The second-order valence-corrected chi connectivity index (χ2v) is 6.61. The van der Waals surface area contributed by atoms with Crippen molar-refractivity contribution in [1.29, 1.82) is 0 Å². The number of hydrogen-bond donors (Lipinski definition) is 1. The van der Waals surface area contributed by atoms with Gasteiger partial charge in [0.05, 0.1) is 12.6 Å². The van der Waals surface area contributed by atoms with Crippen LogP contribution in [0.15, 0.2) is 30.3 Å². The van der Waals surface area contributed by atoms with Crippen LogP contribution in [-0.4, -0.2) is 30.1 Å². The molecule has 1 saturated heterocycles. The Morgan fingerprint density at radius 2 is 1.91 bits per heavy atom. The third-order valence-corrected chi connectivity index (χ3v) is 3.95. The average molecular weight is 319 g/mol. The Kier molecular flexibility index (Phi) is 5.77. The molecule has 5 heteroatoms. The van der Waals surface area contributed by atoms with Crippen molar-refractivity contribution >= 4 is 11.9 Å². The van der Waals surface area contributed by atoms with Crippen LogP contribution in [0.2, 0.25) is 0 Å². The zero-order valence-electron chi connectivity index (χ0n) is 14.0. The van der Waals surface area contributed by atoms with E-state index in [2.05, 4.69) is 19.2 Å². The van der Waals surface area contributed by atoms with E-state index in [0.29, 0.717) is 18.9 Å². The number of Topliss-reactive ketones (excluding diaryl/α,β-unsaturated/α-hetero) is 1. The van der Waals surface area contributed by atoms with Crippen molar-refractivity contribution in [2.45, 2.75) is 51.9 Å². The quantitative estimate of drug-likeness (QED) is 0.748. The molecule has 1 amide bonds. The van der Waals surface area contributed by atoms with Crippen molar-refractivity contribution in [3.8, 4) is 0 Å². The number of amides is 1. The van der Waals surface area contributed by atoms with Crippen molar-refractivity contribution in [3.05, 3.63) is 35.9 Å². The van der Waals surface area contributed by atoms with Gasteiger partial charge in [-0.25, -0.2) is 4.79 Å². The molecule has 1 heterocycles. The van der Waals surface area contributed by atoms with E-state index in [1.54, 1.807) is 6.92 Å². The maximum absolute atomic E-state index is 12.5. The molecule has 1 aromatic carbocycles. The van der Waals surface area contributed by atoms with Gasteiger partial charge in [-0.15, -0.1) is 0 Å². The number of ether oxygens (including phenoxy) is 2. The molecule has 1 aromatic rings. The van der Waals surface area contributed by atoms with Crippen LogP contribution in [0.25, 0.3) is 0 Å². The van der Waals surface area contributed by atoms with Gasteiger partial charge in [-0.2, -0.15) is 0 Å². The van der Waals surface area contributed by atoms with E-state index in [9.17, 15) is 9.59 Å². The number of carbonyl (C=O) groups excluding carboxylic acids is 2. The molecule has 1 aliphatic rings. The molecule has 0 bridgehead atoms. The second kappa shape index (κ2) is 7.59. The highest BCUT2D eigenvalue weighted by atomic mass is 16.6. The van der Waals surface area contributed by atoms with Gasteiger partial charge in [-0.1, -0.05) is 44.2 Å². The molecule has 0 aliphatic carbocycles. The minimum absolute atomic E-state index is 0.0742. The predicted molar refractivity (Wildman–Crippen MR) is 87.0 cm³/mol. The number of epoxide rings is 1. The van der Waals surface area contributed by atoms with E-state index in [1.165, 1.54) is 0 Å². The van der Waals surface area contributed by atoms with Crippen LogP contribution in [0, 0.1) is 5.92 Å². The van der Waals surface area contributed by atoms with E-state index >= 15 is 0 Å². The maximum Gasteiger partial charge on any atom is 0.408 e. The third kappa shape index (κ3) is 5.36. The first-order valence-electron chi connectivity index (χ1n) is 8.06. The minimum Gasteiger partial charge on any atom is -0.445 e. The highest BCUT2D eigenvalue weighted by molar-refractivity contribution is 5.95. The van der Waals surface area contributed by atoms with Gasteiger partial charge in [0.25, 0.3) is 0 Å². The fourth-order valence-corrected chi connectivity index (χ4v) is 2.29. The maximum atomic E-state index is 12.5. The molecular formula is C18H25NO4. The fourth-order valence-electron chi connectivity index (χ4n) is 2.29. The molecule has 2 rings (SSSR count). The highest BCUT2D eigenvalue weighted by Gasteiger charge is 2.50. The number of alkyl carbamates (subject to hydrolysis) is 1. The average Bonchev–Trinajstić information content (AvgIpc) is 3.28. The smallest absolute Gasteiger partial charge is 0.408 e. The zero-order chi connectivity index (χ0) is 16.9. The van der Waals surface area contributed by atoms with Crippen LogP contribution in [0.3, 0.4) is 0 Å². The van der Waals surface area contributed by atoms with Crippen molar-refractivity contribution in [3.63, 3.8) is 0 Å². The molecule has 1 fully saturated rings. The molecule has 126 valence electrons. The molecule has 5 nitrogen and oxygen atoms in total. The van der Waals surface area contributed by atoms with Crippen LogP contribution in [-0.2, 0) is 20.9 Å². The molecule has 0 unspecified atom stereocenters. The molecule has 0 aromatic heterocycles. The summed E-state index contributed by atoms with van der Waals surface area (Å²) in [5.41, 5.74) is 0.166. The predicted octanol–water partition coefficient (Wildman–Crippen LogP) is 3.08. The molecule has 1 aliphatic heterocycles. The van der Waals surface area contributed by atoms with Crippen LogP contribution >= 0.6 is 0 Å². The van der Waals surface area contributed by atoms with E-state index < -0.39 is 17.7 Å². The fraction of sp³-hybridized carbons (Fsp3) is 0.556. The van der Waals surface area contributed by atoms with E-state index in [4.69, 9.17) is 9.47 Å². The van der Waals surface area contributed by atoms with Gasteiger partial charge in [0.2, 0.25) is 0 Å². The molecule has 0 spiro atoms. The van der Waals surface area contributed by atoms with Crippen LogP contribution < -0.4 is 5.32 Å². The Morgan fingerprint density at radius 1 is 1.26 bits per heavy atom. The number of ketones is 1. The Bertz CT molecular complexity index is 537. The second-order valence-electron chi connectivity index (χ2n) is 6.61. The van der Waals surface area contributed by atoms with Crippen molar-refractivity contribution < 1.29 is 19.1 Å². The number of benzene rings is 1. The Labute approximate surface area is 137 Å². The lowest BCUT2D eigenvalue weighted by atomic mass is 9.94. The lowest BCUT2D eigenvalue weighted by Gasteiger charge is -2.20. The monoisotopic (exact) mass is 319 g/mol. The Morgan fingerprint density at radius 3 is 2.48 bits per heavy atom. The lowest BCUT2D eigenvalue weighted by molar-refractivity contribution is -0.125. The van der Waals surface area contributed by atoms with Gasteiger partial charge in [-0.05, 0) is 31.2 Å². The summed E-state index contributed by atoms with van der Waals surface area (Å²) in [6.07, 6.45) is 0.877. The van der Waals surface area contributed by atoms with Gasteiger partial charge in [0.1, 0.15) is 12.2 Å². The summed E-state index contributed by atoms with van der Waals surface area (Å²) >= 11 is 0. The molecule has 0 saturated carbocycles. The SMILES string of the molecule is CC(C)CC[C@H](NC(=O)OCc1ccccc1)C(=O)[C@]1(C)CO1. The first-order chi connectivity index (χ1) is 10.9. The zero-order valence-corrected chi connectivity index (χ0v) is 14.0. The summed E-state index contributed by atoms with van der Waals surface area (Å²) < 4.78 is 10.4. The minimum atomic E-state index is -0.742.